The topological polar surface area (TPSA) is 64.4 Å². The number of rotatable bonds is 5. The number of thiocarbonyl (C=S) groups is 1. The van der Waals surface area contributed by atoms with Gasteiger partial charge in [-0.05, 0) is 25.7 Å². The van der Waals surface area contributed by atoms with Crippen molar-refractivity contribution in [1.29, 1.82) is 0 Å². The van der Waals surface area contributed by atoms with E-state index in [2.05, 4.69) is 19.2 Å². The summed E-state index contributed by atoms with van der Waals surface area (Å²) in [7, 11) is 0. The fourth-order valence-electron chi connectivity index (χ4n) is 2.15. The monoisotopic (exact) mass is 272 g/mol. The highest BCUT2D eigenvalue weighted by atomic mass is 32.1. The average molecular weight is 272 g/mol. The lowest BCUT2D eigenvalue weighted by atomic mass is 9.78. The van der Waals surface area contributed by atoms with E-state index in [4.69, 9.17) is 22.7 Å². The molecule has 2 unspecified atom stereocenters. The molecule has 1 amide bonds. The van der Waals surface area contributed by atoms with E-state index in [0.29, 0.717) is 37.0 Å². The second kappa shape index (κ2) is 6.48. The lowest BCUT2D eigenvalue weighted by Gasteiger charge is -2.36. The number of nitrogens with one attached hydrogen (secondary N) is 1. The van der Waals surface area contributed by atoms with Gasteiger partial charge in [0, 0.05) is 19.3 Å². The van der Waals surface area contributed by atoms with E-state index in [1.54, 1.807) is 0 Å². The first-order chi connectivity index (χ1) is 8.44. The Kier molecular flexibility index (Phi) is 5.53. The number of hydrogen-bond acceptors (Lipinski definition) is 3. The molecule has 1 heterocycles. The molecule has 1 saturated heterocycles. The van der Waals surface area contributed by atoms with Crippen LogP contribution in [0.2, 0.25) is 0 Å². The molecule has 0 aliphatic carbocycles. The Bertz CT molecular complexity index is 314. The van der Waals surface area contributed by atoms with Gasteiger partial charge in [-0.1, -0.05) is 32.5 Å². The minimum absolute atomic E-state index is 0.0360. The lowest BCUT2D eigenvalue weighted by Crippen LogP contribution is -2.54. The zero-order chi connectivity index (χ0) is 13.8. The summed E-state index contributed by atoms with van der Waals surface area (Å²) in [5.41, 5.74) is 5.09. The maximum absolute atomic E-state index is 12.5. The number of carbonyl (C=O) groups excluding carboxylic acids is 1. The maximum Gasteiger partial charge on any atom is 0.233 e. The predicted octanol–water partition coefficient (Wildman–Crippen LogP) is 1.62. The van der Waals surface area contributed by atoms with Crippen LogP contribution in [0.4, 0.5) is 0 Å². The quantitative estimate of drug-likeness (QED) is 0.747. The van der Waals surface area contributed by atoms with Crippen molar-refractivity contribution in [1.82, 2.24) is 5.32 Å². The van der Waals surface area contributed by atoms with Crippen molar-refractivity contribution in [2.24, 2.45) is 17.1 Å². The smallest absolute Gasteiger partial charge is 0.233 e. The Morgan fingerprint density at radius 3 is 2.44 bits per heavy atom. The van der Waals surface area contributed by atoms with Gasteiger partial charge < -0.3 is 15.8 Å². The van der Waals surface area contributed by atoms with Crippen molar-refractivity contribution in [2.75, 3.05) is 13.2 Å². The highest BCUT2D eigenvalue weighted by Crippen LogP contribution is 2.31. The molecule has 5 heteroatoms. The largest absolute Gasteiger partial charge is 0.392 e. The van der Waals surface area contributed by atoms with Gasteiger partial charge in [-0.15, -0.1) is 0 Å². The first kappa shape index (κ1) is 15.4. The third kappa shape index (κ3) is 3.20. The van der Waals surface area contributed by atoms with Crippen LogP contribution in [0.5, 0.6) is 0 Å². The van der Waals surface area contributed by atoms with Crippen LogP contribution in [-0.2, 0) is 9.53 Å². The van der Waals surface area contributed by atoms with Gasteiger partial charge in [0.05, 0.1) is 4.99 Å². The normalized spacial score (nSPS) is 21.9. The van der Waals surface area contributed by atoms with Gasteiger partial charge in [0.1, 0.15) is 5.41 Å². The Balaban J connectivity index is 2.75. The van der Waals surface area contributed by atoms with Gasteiger partial charge in [-0.25, -0.2) is 0 Å². The Morgan fingerprint density at radius 2 is 2.00 bits per heavy atom. The van der Waals surface area contributed by atoms with E-state index in [0.717, 1.165) is 6.42 Å². The van der Waals surface area contributed by atoms with Crippen LogP contribution in [0.3, 0.4) is 0 Å². The summed E-state index contributed by atoms with van der Waals surface area (Å²) in [5.74, 6) is 0.406. The Hall–Kier alpha value is -0.680. The molecule has 1 aliphatic heterocycles. The number of ether oxygens (including phenoxy) is 1. The summed E-state index contributed by atoms with van der Waals surface area (Å²) in [6, 6.07) is 0.136. The molecule has 2 atom stereocenters. The molecule has 0 spiro atoms. The van der Waals surface area contributed by atoms with Gasteiger partial charge >= 0.3 is 0 Å². The van der Waals surface area contributed by atoms with Crippen molar-refractivity contribution in [3.63, 3.8) is 0 Å². The van der Waals surface area contributed by atoms with Crippen molar-refractivity contribution >= 4 is 23.1 Å². The molecule has 0 radical (unpaired) electrons. The number of carbonyl (C=O) groups is 1. The van der Waals surface area contributed by atoms with Crippen LogP contribution in [-0.4, -0.2) is 30.2 Å². The Morgan fingerprint density at radius 1 is 1.44 bits per heavy atom. The summed E-state index contributed by atoms with van der Waals surface area (Å²) in [5, 5.41) is 3.06. The molecular weight excluding hydrogens is 248 g/mol. The van der Waals surface area contributed by atoms with Crippen LogP contribution in [0.1, 0.15) is 40.0 Å². The summed E-state index contributed by atoms with van der Waals surface area (Å²) >= 11 is 5.11. The van der Waals surface area contributed by atoms with Gasteiger partial charge in [0.15, 0.2) is 0 Å². The molecule has 0 saturated carbocycles. The van der Waals surface area contributed by atoms with E-state index in [1.165, 1.54) is 0 Å². The minimum Gasteiger partial charge on any atom is -0.392 e. The minimum atomic E-state index is -0.713. The molecule has 0 aromatic heterocycles. The molecule has 1 fully saturated rings. The van der Waals surface area contributed by atoms with Crippen molar-refractivity contribution in [2.45, 2.75) is 46.1 Å². The standard InChI is InChI=1S/C13H24N2O2S/c1-4-9(2)10(3)15-12(16)13(11(14)18)5-7-17-8-6-13/h9-10H,4-8H2,1-3H3,(H2,14,18)(H,15,16). The molecular formula is C13H24N2O2S. The Labute approximate surface area is 115 Å². The fourth-order valence-corrected chi connectivity index (χ4v) is 2.44. The summed E-state index contributed by atoms with van der Waals surface area (Å²) in [6.07, 6.45) is 2.20. The number of hydrogen-bond donors (Lipinski definition) is 2. The second-order valence-electron chi connectivity index (χ2n) is 5.21. The molecule has 104 valence electrons. The molecule has 0 aromatic carbocycles. The van der Waals surface area contributed by atoms with Gasteiger partial charge in [0.25, 0.3) is 0 Å². The molecule has 1 rings (SSSR count). The zero-order valence-electron chi connectivity index (χ0n) is 11.5. The number of amides is 1. The van der Waals surface area contributed by atoms with Crippen molar-refractivity contribution in [3.8, 4) is 0 Å². The van der Waals surface area contributed by atoms with Crippen LogP contribution < -0.4 is 11.1 Å². The summed E-state index contributed by atoms with van der Waals surface area (Å²) in [6.45, 7) is 7.36. The first-order valence-electron chi connectivity index (χ1n) is 6.62. The van der Waals surface area contributed by atoms with Gasteiger partial charge in [-0.2, -0.15) is 0 Å². The van der Waals surface area contributed by atoms with E-state index in [9.17, 15) is 4.79 Å². The van der Waals surface area contributed by atoms with Crippen LogP contribution >= 0.6 is 12.2 Å². The third-order valence-electron chi connectivity index (χ3n) is 4.11. The van der Waals surface area contributed by atoms with E-state index in [1.807, 2.05) is 6.92 Å². The van der Waals surface area contributed by atoms with E-state index >= 15 is 0 Å². The van der Waals surface area contributed by atoms with Crippen LogP contribution in [0, 0.1) is 11.3 Å². The number of nitrogens with two attached hydrogens (primary N) is 1. The SMILES string of the molecule is CCC(C)C(C)NC(=O)C1(C(N)=S)CCOCC1. The maximum atomic E-state index is 12.5. The molecule has 0 aromatic rings. The summed E-state index contributed by atoms with van der Waals surface area (Å²) < 4.78 is 5.30. The predicted molar refractivity (Wildman–Crippen MR) is 76.3 cm³/mol. The van der Waals surface area contributed by atoms with E-state index in [-0.39, 0.29) is 11.9 Å². The lowest BCUT2D eigenvalue weighted by molar-refractivity contribution is -0.132. The van der Waals surface area contributed by atoms with Crippen molar-refractivity contribution in [3.05, 3.63) is 0 Å². The molecule has 18 heavy (non-hydrogen) atoms. The van der Waals surface area contributed by atoms with Gasteiger partial charge in [0.2, 0.25) is 5.91 Å². The molecule has 0 bridgehead atoms. The fraction of sp³-hybridized carbons (Fsp3) is 0.846. The molecule has 4 nitrogen and oxygen atoms in total. The zero-order valence-corrected chi connectivity index (χ0v) is 12.3. The van der Waals surface area contributed by atoms with Crippen LogP contribution in [0.25, 0.3) is 0 Å². The average Bonchev–Trinajstić information content (AvgIpc) is 2.38. The molecule has 1 aliphatic rings. The summed E-state index contributed by atoms with van der Waals surface area (Å²) in [4.78, 5) is 12.7. The first-order valence-corrected chi connectivity index (χ1v) is 7.03. The highest BCUT2D eigenvalue weighted by molar-refractivity contribution is 7.80. The third-order valence-corrected chi connectivity index (χ3v) is 4.50. The van der Waals surface area contributed by atoms with Crippen molar-refractivity contribution < 1.29 is 9.53 Å². The molecule has 3 N–H and O–H groups in total. The van der Waals surface area contributed by atoms with Crippen LogP contribution in [0.15, 0.2) is 0 Å². The highest BCUT2D eigenvalue weighted by Gasteiger charge is 2.43. The van der Waals surface area contributed by atoms with E-state index < -0.39 is 5.41 Å². The second-order valence-corrected chi connectivity index (χ2v) is 5.65. The van der Waals surface area contributed by atoms with Gasteiger partial charge in [-0.3, -0.25) is 4.79 Å².